The quantitative estimate of drug-likeness (QED) is 0.658. The Morgan fingerprint density at radius 3 is 2.57 bits per heavy atom. The molecular formula is C9H12I2N2O. The van der Waals surface area contributed by atoms with Crippen molar-refractivity contribution in [2.75, 3.05) is 6.54 Å². The molecule has 0 aliphatic carbocycles. The fourth-order valence-electron chi connectivity index (χ4n) is 1.20. The van der Waals surface area contributed by atoms with Crippen molar-refractivity contribution in [1.82, 2.24) is 0 Å². The van der Waals surface area contributed by atoms with Crippen LogP contribution < -0.4 is 11.5 Å². The van der Waals surface area contributed by atoms with Gasteiger partial charge >= 0.3 is 0 Å². The normalized spacial score (nSPS) is 12.9. The van der Waals surface area contributed by atoms with Crippen molar-refractivity contribution in [2.24, 2.45) is 11.5 Å². The summed E-state index contributed by atoms with van der Waals surface area (Å²) in [6.45, 7) is 0.530. The van der Waals surface area contributed by atoms with Crippen LogP contribution in [-0.4, -0.2) is 11.7 Å². The van der Waals surface area contributed by atoms with Crippen LogP contribution in [0, 0.1) is 7.14 Å². The van der Waals surface area contributed by atoms with Crippen molar-refractivity contribution >= 4 is 45.2 Å². The zero-order valence-electron chi connectivity index (χ0n) is 7.50. The summed E-state index contributed by atoms with van der Waals surface area (Å²) in [6.07, 6.45) is 0.684. The summed E-state index contributed by atoms with van der Waals surface area (Å²) >= 11 is 4.30. The van der Waals surface area contributed by atoms with E-state index in [9.17, 15) is 5.11 Å². The summed E-state index contributed by atoms with van der Waals surface area (Å²) in [5.74, 6) is 0.284. The first kappa shape index (κ1) is 12.5. The fourth-order valence-corrected chi connectivity index (χ4v) is 3.09. The monoisotopic (exact) mass is 418 g/mol. The molecule has 0 saturated heterocycles. The third kappa shape index (κ3) is 2.94. The van der Waals surface area contributed by atoms with E-state index < -0.39 is 0 Å². The second-order valence-corrected chi connectivity index (χ2v) is 5.42. The molecule has 5 heteroatoms. The van der Waals surface area contributed by atoms with Crippen LogP contribution in [0.25, 0.3) is 0 Å². The van der Waals surface area contributed by atoms with Gasteiger partial charge in [0.2, 0.25) is 0 Å². The predicted octanol–water partition coefficient (Wildman–Crippen LogP) is 1.95. The molecule has 5 N–H and O–H groups in total. The van der Waals surface area contributed by atoms with Crippen molar-refractivity contribution in [3.8, 4) is 5.75 Å². The molecule has 0 fully saturated rings. The number of benzene rings is 1. The number of rotatable bonds is 3. The van der Waals surface area contributed by atoms with Crippen LogP contribution in [0.3, 0.4) is 0 Å². The summed E-state index contributed by atoms with van der Waals surface area (Å²) in [7, 11) is 0. The van der Waals surface area contributed by atoms with Crippen molar-refractivity contribution in [1.29, 1.82) is 0 Å². The molecule has 0 bridgehead atoms. The molecule has 0 unspecified atom stereocenters. The van der Waals surface area contributed by atoms with Crippen molar-refractivity contribution in [3.05, 3.63) is 24.8 Å². The van der Waals surface area contributed by atoms with Crippen LogP contribution in [0.1, 0.15) is 18.0 Å². The average molecular weight is 418 g/mol. The molecule has 1 rings (SSSR count). The molecule has 0 amide bonds. The highest BCUT2D eigenvalue weighted by atomic mass is 127. The second-order valence-electron chi connectivity index (χ2n) is 3.01. The van der Waals surface area contributed by atoms with E-state index in [4.69, 9.17) is 11.5 Å². The Labute approximate surface area is 111 Å². The fraction of sp³-hybridized carbons (Fsp3) is 0.333. The Bertz CT molecular complexity index is 331. The Morgan fingerprint density at radius 1 is 1.36 bits per heavy atom. The highest BCUT2D eigenvalue weighted by molar-refractivity contribution is 14.1. The lowest BCUT2D eigenvalue weighted by Crippen LogP contribution is -2.15. The van der Waals surface area contributed by atoms with Gasteiger partial charge in [-0.15, -0.1) is 0 Å². The van der Waals surface area contributed by atoms with Gasteiger partial charge in [0.25, 0.3) is 0 Å². The molecule has 0 radical (unpaired) electrons. The highest BCUT2D eigenvalue weighted by Crippen LogP contribution is 2.31. The van der Waals surface area contributed by atoms with Crippen molar-refractivity contribution in [2.45, 2.75) is 12.5 Å². The number of nitrogens with two attached hydrogens (primary N) is 2. The SMILES string of the molecule is NCC[C@H](N)c1cc(I)cc(I)c1O. The molecule has 0 spiro atoms. The lowest BCUT2D eigenvalue weighted by Gasteiger charge is -2.14. The van der Waals surface area contributed by atoms with E-state index in [1.54, 1.807) is 0 Å². The lowest BCUT2D eigenvalue weighted by atomic mass is 10.0. The standard InChI is InChI=1S/C9H12I2N2O/c10-5-3-6(8(13)1-2-12)9(14)7(11)4-5/h3-4,8,14H,1-2,12-13H2/t8-/m0/s1. The molecule has 78 valence electrons. The largest absolute Gasteiger partial charge is 0.506 e. The van der Waals surface area contributed by atoms with E-state index in [0.717, 1.165) is 12.7 Å². The van der Waals surface area contributed by atoms with Crippen LogP contribution in [-0.2, 0) is 0 Å². The minimum atomic E-state index is -0.178. The highest BCUT2D eigenvalue weighted by Gasteiger charge is 2.13. The lowest BCUT2D eigenvalue weighted by molar-refractivity contribution is 0.455. The molecule has 0 aliphatic rings. The average Bonchev–Trinajstić information content (AvgIpc) is 2.11. The zero-order valence-corrected chi connectivity index (χ0v) is 11.8. The van der Waals surface area contributed by atoms with Crippen LogP contribution in [0.4, 0.5) is 0 Å². The minimum absolute atomic E-state index is 0.178. The van der Waals surface area contributed by atoms with Crippen LogP contribution >= 0.6 is 45.2 Å². The Balaban J connectivity index is 3.07. The second kappa shape index (κ2) is 5.47. The van der Waals surface area contributed by atoms with Gasteiger partial charge < -0.3 is 16.6 Å². The molecular weight excluding hydrogens is 406 g/mol. The van der Waals surface area contributed by atoms with E-state index in [1.807, 2.05) is 12.1 Å². The maximum absolute atomic E-state index is 9.79. The van der Waals surface area contributed by atoms with Crippen molar-refractivity contribution < 1.29 is 5.11 Å². The van der Waals surface area contributed by atoms with E-state index in [2.05, 4.69) is 45.2 Å². The maximum Gasteiger partial charge on any atom is 0.133 e. The summed E-state index contributed by atoms with van der Waals surface area (Å²) in [6, 6.07) is 3.64. The third-order valence-electron chi connectivity index (χ3n) is 1.93. The van der Waals surface area contributed by atoms with Gasteiger partial charge in [0.15, 0.2) is 0 Å². The Kier molecular flexibility index (Phi) is 4.88. The van der Waals surface area contributed by atoms with Gasteiger partial charge in [-0.3, -0.25) is 0 Å². The molecule has 14 heavy (non-hydrogen) atoms. The molecule has 0 aromatic heterocycles. The molecule has 1 atom stereocenters. The van der Waals surface area contributed by atoms with E-state index in [1.165, 1.54) is 0 Å². The maximum atomic E-state index is 9.79. The number of aromatic hydroxyl groups is 1. The van der Waals surface area contributed by atoms with Gasteiger partial charge in [-0.05, 0) is 70.3 Å². The number of phenolic OH excluding ortho intramolecular Hbond substituents is 1. The third-order valence-corrected chi connectivity index (χ3v) is 3.38. The van der Waals surface area contributed by atoms with E-state index in [0.29, 0.717) is 13.0 Å². The van der Waals surface area contributed by atoms with Crippen molar-refractivity contribution in [3.63, 3.8) is 0 Å². The van der Waals surface area contributed by atoms with Crippen LogP contribution in [0.2, 0.25) is 0 Å². The molecule has 0 aliphatic heterocycles. The number of phenols is 1. The number of hydrogen-bond acceptors (Lipinski definition) is 3. The summed E-state index contributed by atoms with van der Waals surface area (Å²) < 4.78 is 1.91. The predicted molar refractivity (Wildman–Crippen MR) is 74.1 cm³/mol. The summed E-state index contributed by atoms with van der Waals surface area (Å²) in [5.41, 5.74) is 12.1. The van der Waals surface area contributed by atoms with Gasteiger partial charge in [0.1, 0.15) is 5.75 Å². The summed E-state index contributed by atoms with van der Waals surface area (Å²) in [5, 5.41) is 9.79. The Morgan fingerprint density at radius 2 is 2.00 bits per heavy atom. The first-order chi connectivity index (χ1) is 6.56. The molecule has 0 saturated carbocycles. The molecule has 1 aromatic rings. The van der Waals surface area contributed by atoms with Gasteiger partial charge in [-0.25, -0.2) is 0 Å². The van der Waals surface area contributed by atoms with Crippen LogP contribution in [0.5, 0.6) is 5.75 Å². The topological polar surface area (TPSA) is 72.3 Å². The van der Waals surface area contributed by atoms with Gasteiger partial charge in [-0.2, -0.15) is 0 Å². The minimum Gasteiger partial charge on any atom is -0.506 e. The number of halogens is 2. The zero-order chi connectivity index (χ0) is 10.7. The van der Waals surface area contributed by atoms with E-state index >= 15 is 0 Å². The van der Waals surface area contributed by atoms with Gasteiger partial charge in [0, 0.05) is 15.2 Å². The van der Waals surface area contributed by atoms with Gasteiger partial charge in [0.05, 0.1) is 3.57 Å². The first-order valence-corrected chi connectivity index (χ1v) is 6.35. The first-order valence-electron chi connectivity index (χ1n) is 4.19. The summed E-state index contributed by atoms with van der Waals surface area (Å²) in [4.78, 5) is 0. The Hall–Kier alpha value is 0.400. The molecule has 3 nitrogen and oxygen atoms in total. The molecule has 0 heterocycles. The smallest absolute Gasteiger partial charge is 0.133 e. The van der Waals surface area contributed by atoms with Crippen LogP contribution in [0.15, 0.2) is 12.1 Å². The molecule has 1 aromatic carbocycles. The van der Waals surface area contributed by atoms with E-state index in [-0.39, 0.29) is 11.8 Å². The van der Waals surface area contributed by atoms with Gasteiger partial charge in [-0.1, -0.05) is 0 Å². The number of hydrogen-bond donors (Lipinski definition) is 3.